The first-order valence-corrected chi connectivity index (χ1v) is 5.33. The summed E-state index contributed by atoms with van der Waals surface area (Å²) >= 11 is 3.33. The summed E-state index contributed by atoms with van der Waals surface area (Å²) < 4.78 is 19.6. The molecule has 1 fully saturated rings. The van der Waals surface area contributed by atoms with Gasteiger partial charge in [-0.1, -0.05) is 15.9 Å². The van der Waals surface area contributed by atoms with Crippen LogP contribution in [0.15, 0.2) is 22.7 Å². The molecule has 0 amide bonds. The van der Waals surface area contributed by atoms with E-state index in [2.05, 4.69) is 21.2 Å². The van der Waals surface area contributed by atoms with Crippen molar-refractivity contribution in [3.05, 3.63) is 34.1 Å². The van der Waals surface area contributed by atoms with Crippen LogP contribution in [-0.2, 0) is 4.74 Å². The number of ether oxygens (including phenoxy) is 1. The fraction of sp³-hybridized carbons (Fsp3) is 0.400. The third-order valence-electron chi connectivity index (χ3n) is 2.26. The van der Waals surface area contributed by atoms with Crippen LogP contribution < -0.4 is 5.32 Å². The molecule has 0 saturated carbocycles. The molecule has 1 aromatic rings. The van der Waals surface area contributed by atoms with E-state index in [1.165, 1.54) is 6.07 Å². The van der Waals surface area contributed by atoms with Crippen molar-refractivity contribution in [3.8, 4) is 0 Å². The normalized spacial score (nSPS) is 22.3. The fourth-order valence-electron chi connectivity index (χ4n) is 1.55. The largest absolute Gasteiger partial charge is 0.378 e. The molecule has 2 rings (SSSR count). The summed E-state index contributed by atoms with van der Waals surface area (Å²) in [7, 11) is 0. The zero-order valence-electron chi connectivity index (χ0n) is 7.59. The maximum Gasteiger partial charge on any atom is 0.128 e. The second-order valence-corrected chi connectivity index (χ2v) is 4.16. The van der Waals surface area contributed by atoms with E-state index < -0.39 is 0 Å². The first-order chi connectivity index (χ1) is 6.77. The second kappa shape index (κ2) is 4.38. The minimum atomic E-state index is -0.184. The van der Waals surface area contributed by atoms with Gasteiger partial charge in [-0.2, -0.15) is 0 Å². The highest BCUT2D eigenvalue weighted by Gasteiger charge is 2.18. The Kier molecular flexibility index (Phi) is 3.15. The van der Waals surface area contributed by atoms with Gasteiger partial charge in [-0.3, -0.25) is 0 Å². The zero-order valence-corrected chi connectivity index (χ0v) is 9.18. The molecule has 1 heterocycles. The van der Waals surface area contributed by atoms with Gasteiger partial charge in [-0.25, -0.2) is 4.39 Å². The Morgan fingerprint density at radius 1 is 1.50 bits per heavy atom. The number of nitrogens with one attached hydrogen (secondary N) is 1. The van der Waals surface area contributed by atoms with Crippen molar-refractivity contribution in [2.75, 3.05) is 19.8 Å². The Morgan fingerprint density at radius 2 is 2.36 bits per heavy atom. The minimum Gasteiger partial charge on any atom is -0.378 e. The van der Waals surface area contributed by atoms with Crippen LogP contribution in [0.5, 0.6) is 0 Å². The lowest BCUT2D eigenvalue weighted by Gasteiger charge is -2.24. The zero-order chi connectivity index (χ0) is 9.97. The summed E-state index contributed by atoms with van der Waals surface area (Å²) in [6.07, 6.45) is 0. The molecular weight excluding hydrogens is 249 g/mol. The van der Waals surface area contributed by atoms with Crippen molar-refractivity contribution >= 4 is 15.9 Å². The highest BCUT2D eigenvalue weighted by atomic mass is 79.9. The molecule has 0 unspecified atom stereocenters. The number of benzene rings is 1. The van der Waals surface area contributed by atoms with E-state index in [4.69, 9.17) is 4.74 Å². The van der Waals surface area contributed by atoms with E-state index in [1.807, 2.05) is 0 Å². The molecule has 76 valence electrons. The van der Waals surface area contributed by atoms with Crippen molar-refractivity contribution in [1.82, 2.24) is 5.32 Å². The summed E-state index contributed by atoms with van der Waals surface area (Å²) in [5.74, 6) is -0.184. The lowest BCUT2D eigenvalue weighted by Crippen LogP contribution is -2.35. The third kappa shape index (κ3) is 2.13. The summed E-state index contributed by atoms with van der Waals surface area (Å²) in [5.41, 5.74) is 0.666. The van der Waals surface area contributed by atoms with Crippen molar-refractivity contribution in [1.29, 1.82) is 0 Å². The standard InChI is InChI=1S/C10H11BrFNO/c11-7-1-2-9(12)8(5-7)10-6-14-4-3-13-10/h1-2,5,10,13H,3-4,6H2/t10-/m1/s1. The van der Waals surface area contributed by atoms with E-state index in [-0.39, 0.29) is 11.9 Å². The molecule has 0 aliphatic carbocycles. The lowest BCUT2D eigenvalue weighted by molar-refractivity contribution is 0.0757. The molecular formula is C10H11BrFNO. The van der Waals surface area contributed by atoms with Gasteiger partial charge in [0.25, 0.3) is 0 Å². The first-order valence-electron chi connectivity index (χ1n) is 4.53. The molecule has 1 aromatic carbocycles. The maximum atomic E-state index is 13.4. The van der Waals surface area contributed by atoms with E-state index >= 15 is 0 Å². The Balaban J connectivity index is 2.24. The highest BCUT2D eigenvalue weighted by molar-refractivity contribution is 9.10. The predicted octanol–water partition coefficient (Wildman–Crippen LogP) is 2.25. The molecule has 1 saturated heterocycles. The van der Waals surface area contributed by atoms with Crippen LogP contribution in [0.3, 0.4) is 0 Å². The van der Waals surface area contributed by atoms with Crippen molar-refractivity contribution in [2.24, 2.45) is 0 Å². The Bertz CT molecular complexity index is 326. The average Bonchev–Trinajstić information content (AvgIpc) is 2.23. The number of hydrogen-bond acceptors (Lipinski definition) is 2. The molecule has 14 heavy (non-hydrogen) atoms. The molecule has 4 heteroatoms. The van der Waals surface area contributed by atoms with Gasteiger partial charge < -0.3 is 10.1 Å². The van der Waals surface area contributed by atoms with Gasteiger partial charge in [0.1, 0.15) is 5.82 Å². The molecule has 1 N–H and O–H groups in total. The summed E-state index contributed by atoms with van der Waals surface area (Å²) in [6.45, 7) is 2.01. The molecule has 1 atom stereocenters. The lowest BCUT2D eigenvalue weighted by atomic mass is 10.1. The Morgan fingerprint density at radius 3 is 3.07 bits per heavy atom. The van der Waals surface area contributed by atoms with Gasteiger partial charge in [0, 0.05) is 16.6 Å². The monoisotopic (exact) mass is 259 g/mol. The Labute approximate surface area is 90.6 Å². The first kappa shape index (κ1) is 10.1. The van der Waals surface area contributed by atoms with Crippen LogP contribution in [0.25, 0.3) is 0 Å². The van der Waals surface area contributed by atoms with Crippen molar-refractivity contribution in [2.45, 2.75) is 6.04 Å². The van der Waals surface area contributed by atoms with Gasteiger partial charge in [-0.05, 0) is 18.2 Å². The summed E-state index contributed by atoms with van der Waals surface area (Å²) in [6, 6.07) is 4.93. The molecule has 2 nitrogen and oxygen atoms in total. The Hall–Kier alpha value is -0.450. The molecule has 0 aromatic heterocycles. The van der Waals surface area contributed by atoms with E-state index in [0.717, 1.165) is 11.0 Å². The van der Waals surface area contributed by atoms with Gasteiger partial charge in [-0.15, -0.1) is 0 Å². The predicted molar refractivity (Wildman–Crippen MR) is 55.7 cm³/mol. The topological polar surface area (TPSA) is 21.3 Å². The van der Waals surface area contributed by atoms with E-state index in [1.54, 1.807) is 12.1 Å². The molecule has 1 aliphatic rings. The quantitative estimate of drug-likeness (QED) is 0.836. The highest BCUT2D eigenvalue weighted by Crippen LogP contribution is 2.23. The molecule has 0 bridgehead atoms. The smallest absolute Gasteiger partial charge is 0.128 e. The second-order valence-electron chi connectivity index (χ2n) is 3.25. The summed E-state index contributed by atoms with van der Waals surface area (Å²) in [5, 5.41) is 3.22. The number of halogens is 2. The number of morpholine rings is 1. The number of rotatable bonds is 1. The van der Waals surface area contributed by atoms with Crippen LogP contribution >= 0.6 is 15.9 Å². The number of hydrogen-bond donors (Lipinski definition) is 1. The minimum absolute atomic E-state index is 0.0266. The molecule has 0 spiro atoms. The molecule has 0 radical (unpaired) electrons. The van der Waals surface area contributed by atoms with E-state index in [9.17, 15) is 4.39 Å². The van der Waals surface area contributed by atoms with Crippen molar-refractivity contribution in [3.63, 3.8) is 0 Å². The van der Waals surface area contributed by atoms with E-state index in [0.29, 0.717) is 18.8 Å². The SMILES string of the molecule is Fc1ccc(Br)cc1[C@H]1COCCN1. The van der Waals surface area contributed by atoms with Gasteiger partial charge in [0.2, 0.25) is 0 Å². The summed E-state index contributed by atoms with van der Waals surface area (Å²) in [4.78, 5) is 0. The van der Waals surface area contributed by atoms with Crippen LogP contribution in [0.2, 0.25) is 0 Å². The van der Waals surface area contributed by atoms with Crippen LogP contribution in [0.4, 0.5) is 4.39 Å². The van der Waals surface area contributed by atoms with Crippen LogP contribution in [-0.4, -0.2) is 19.8 Å². The third-order valence-corrected chi connectivity index (χ3v) is 2.75. The van der Waals surface area contributed by atoms with Gasteiger partial charge in [0.15, 0.2) is 0 Å². The fourth-order valence-corrected chi connectivity index (χ4v) is 1.93. The van der Waals surface area contributed by atoms with Gasteiger partial charge >= 0.3 is 0 Å². The van der Waals surface area contributed by atoms with Crippen LogP contribution in [0, 0.1) is 5.82 Å². The molecule has 1 aliphatic heterocycles. The van der Waals surface area contributed by atoms with Gasteiger partial charge in [0.05, 0.1) is 19.3 Å². The van der Waals surface area contributed by atoms with Crippen LogP contribution in [0.1, 0.15) is 11.6 Å². The van der Waals surface area contributed by atoms with Crippen molar-refractivity contribution < 1.29 is 9.13 Å². The maximum absolute atomic E-state index is 13.4. The average molecular weight is 260 g/mol.